The molecular formula is C20H21N3O3S. The van der Waals surface area contributed by atoms with Crippen molar-refractivity contribution in [2.24, 2.45) is 0 Å². The van der Waals surface area contributed by atoms with Crippen LogP contribution in [0.2, 0.25) is 0 Å². The van der Waals surface area contributed by atoms with Gasteiger partial charge in [0.25, 0.3) is 0 Å². The second-order valence-electron chi connectivity index (χ2n) is 6.80. The summed E-state index contributed by atoms with van der Waals surface area (Å²) >= 11 is 0. The highest BCUT2D eigenvalue weighted by molar-refractivity contribution is 7.91. The molecule has 0 N–H and O–H groups in total. The predicted molar refractivity (Wildman–Crippen MR) is 104 cm³/mol. The number of sulfone groups is 1. The molecule has 0 saturated carbocycles. The summed E-state index contributed by atoms with van der Waals surface area (Å²) in [6.07, 6.45) is 2.08. The number of nitrogens with zero attached hydrogens (tertiary/aromatic N) is 3. The number of carbonyl (C=O) groups excluding carboxylic acids is 1. The SMILES string of the molecule is O=C(Cn1cnc2ccccc21)N1CCC(c2ccccc2)S(=O)(=O)CC1. The van der Waals surface area contributed by atoms with Gasteiger partial charge in [0.15, 0.2) is 9.84 Å². The van der Waals surface area contributed by atoms with E-state index in [1.54, 1.807) is 11.2 Å². The summed E-state index contributed by atoms with van der Waals surface area (Å²) in [5.74, 6) is -0.0924. The molecule has 4 rings (SSSR count). The Morgan fingerprint density at radius 3 is 2.59 bits per heavy atom. The molecule has 1 fully saturated rings. The molecule has 27 heavy (non-hydrogen) atoms. The van der Waals surface area contributed by atoms with E-state index in [0.29, 0.717) is 13.0 Å². The van der Waals surface area contributed by atoms with E-state index in [1.165, 1.54) is 0 Å². The van der Waals surface area contributed by atoms with Gasteiger partial charge in [-0.2, -0.15) is 0 Å². The fraction of sp³-hybridized carbons (Fsp3) is 0.300. The second kappa shape index (κ2) is 7.15. The molecule has 140 valence electrons. The molecule has 1 unspecified atom stereocenters. The molecule has 1 atom stereocenters. The van der Waals surface area contributed by atoms with E-state index in [4.69, 9.17) is 0 Å². The molecule has 0 spiro atoms. The van der Waals surface area contributed by atoms with E-state index in [1.807, 2.05) is 59.2 Å². The summed E-state index contributed by atoms with van der Waals surface area (Å²) in [7, 11) is -3.29. The van der Waals surface area contributed by atoms with Gasteiger partial charge in [0.1, 0.15) is 6.54 Å². The highest BCUT2D eigenvalue weighted by Crippen LogP contribution is 2.29. The zero-order valence-corrected chi connectivity index (χ0v) is 15.7. The molecule has 1 aliphatic rings. The van der Waals surface area contributed by atoms with Crippen LogP contribution >= 0.6 is 0 Å². The zero-order chi connectivity index (χ0) is 18.9. The van der Waals surface area contributed by atoms with Crippen molar-refractivity contribution in [3.05, 3.63) is 66.5 Å². The normalized spacial score (nSPS) is 19.7. The number of aromatic nitrogens is 2. The van der Waals surface area contributed by atoms with Gasteiger partial charge in [0.2, 0.25) is 5.91 Å². The standard InChI is InChI=1S/C20H21N3O3S/c24-20(14-23-15-21-17-8-4-5-9-18(17)23)22-11-10-19(27(25,26)13-12-22)16-6-2-1-3-7-16/h1-9,15,19H,10-14H2. The molecule has 1 aliphatic heterocycles. The van der Waals surface area contributed by atoms with Gasteiger partial charge in [-0.25, -0.2) is 13.4 Å². The van der Waals surface area contributed by atoms with Crippen molar-refractivity contribution < 1.29 is 13.2 Å². The Kier molecular flexibility index (Phi) is 4.70. The van der Waals surface area contributed by atoms with Crippen LogP contribution in [-0.2, 0) is 21.2 Å². The van der Waals surface area contributed by atoms with Gasteiger partial charge < -0.3 is 9.47 Å². The topological polar surface area (TPSA) is 72.3 Å². The van der Waals surface area contributed by atoms with Crippen molar-refractivity contribution >= 4 is 26.8 Å². The molecule has 2 heterocycles. The predicted octanol–water partition coefficient (Wildman–Crippen LogP) is 2.42. The quantitative estimate of drug-likeness (QED) is 0.696. The lowest BCUT2D eigenvalue weighted by molar-refractivity contribution is -0.131. The van der Waals surface area contributed by atoms with Crippen LogP contribution in [0, 0.1) is 0 Å². The number of hydrogen-bond donors (Lipinski definition) is 0. The average Bonchev–Trinajstić information content (AvgIpc) is 3.00. The van der Waals surface area contributed by atoms with E-state index < -0.39 is 15.1 Å². The first-order valence-electron chi connectivity index (χ1n) is 8.99. The smallest absolute Gasteiger partial charge is 0.242 e. The third kappa shape index (κ3) is 3.60. The van der Waals surface area contributed by atoms with E-state index in [9.17, 15) is 13.2 Å². The maximum absolute atomic E-state index is 12.8. The number of benzene rings is 2. The van der Waals surface area contributed by atoms with Crippen LogP contribution in [0.15, 0.2) is 60.9 Å². The number of rotatable bonds is 3. The molecule has 2 aromatic carbocycles. The van der Waals surface area contributed by atoms with Crippen molar-refractivity contribution in [2.45, 2.75) is 18.2 Å². The van der Waals surface area contributed by atoms with Crippen LogP contribution in [0.4, 0.5) is 0 Å². The maximum atomic E-state index is 12.8. The van der Waals surface area contributed by atoms with Gasteiger partial charge in [-0.15, -0.1) is 0 Å². The van der Waals surface area contributed by atoms with Gasteiger partial charge in [-0.05, 0) is 24.1 Å². The third-order valence-electron chi connectivity index (χ3n) is 5.10. The second-order valence-corrected chi connectivity index (χ2v) is 9.10. The Hall–Kier alpha value is -2.67. The number of imidazole rings is 1. The van der Waals surface area contributed by atoms with E-state index in [-0.39, 0.29) is 24.7 Å². The van der Waals surface area contributed by atoms with E-state index in [0.717, 1.165) is 16.6 Å². The first-order valence-corrected chi connectivity index (χ1v) is 10.7. The fourth-order valence-corrected chi connectivity index (χ4v) is 5.41. The number of hydrogen-bond acceptors (Lipinski definition) is 4. The lowest BCUT2D eigenvalue weighted by Crippen LogP contribution is -2.36. The minimum absolute atomic E-state index is 0.0109. The summed E-state index contributed by atoms with van der Waals surface area (Å²) < 4.78 is 27.2. The van der Waals surface area contributed by atoms with Crippen LogP contribution in [0.1, 0.15) is 17.2 Å². The lowest BCUT2D eigenvalue weighted by atomic mass is 10.1. The van der Waals surface area contributed by atoms with Crippen LogP contribution in [0.5, 0.6) is 0 Å². The van der Waals surface area contributed by atoms with Crippen molar-refractivity contribution in [2.75, 3.05) is 18.8 Å². The first kappa shape index (κ1) is 17.7. The molecular weight excluding hydrogens is 362 g/mol. The molecule has 1 aromatic heterocycles. The van der Waals surface area contributed by atoms with Gasteiger partial charge in [-0.3, -0.25) is 4.79 Å². The van der Waals surface area contributed by atoms with Crippen LogP contribution in [0.25, 0.3) is 11.0 Å². The van der Waals surface area contributed by atoms with Crippen molar-refractivity contribution in [1.29, 1.82) is 0 Å². The summed E-state index contributed by atoms with van der Waals surface area (Å²) in [4.78, 5) is 18.8. The van der Waals surface area contributed by atoms with Crippen LogP contribution in [-0.4, -0.2) is 47.6 Å². The summed E-state index contributed by atoms with van der Waals surface area (Å²) in [5.41, 5.74) is 2.54. The van der Waals surface area contributed by atoms with Gasteiger partial charge in [0, 0.05) is 13.1 Å². The summed E-state index contributed by atoms with van der Waals surface area (Å²) in [5, 5.41) is -0.550. The Morgan fingerprint density at radius 2 is 1.78 bits per heavy atom. The van der Waals surface area contributed by atoms with Crippen molar-refractivity contribution in [3.63, 3.8) is 0 Å². The van der Waals surface area contributed by atoms with Gasteiger partial charge in [0.05, 0.1) is 28.4 Å². The minimum atomic E-state index is -3.29. The fourth-order valence-electron chi connectivity index (χ4n) is 3.62. The Bertz CT molecular complexity index is 1060. The molecule has 6 nitrogen and oxygen atoms in total. The van der Waals surface area contributed by atoms with Crippen molar-refractivity contribution in [3.8, 4) is 0 Å². The highest BCUT2D eigenvalue weighted by Gasteiger charge is 2.32. The lowest BCUT2D eigenvalue weighted by Gasteiger charge is -2.20. The zero-order valence-electron chi connectivity index (χ0n) is 14.9. The average molecular weight is 383 g/mol. The molecule has 0 aliphatic carbocycles. The van der Waals surface area contributed by atoms with Gasteiger partial charge in [-0.1, -0.05) is 42.5 Å². The Balaban J connectivity index is 1.51. The third-order valence-corrected chi connectivity index (χ3v) is 7.22. The maximum Gasteiger partial charge on any atom is 0.242 e. The highest BCUT2D eigenvalue weighted by atomic mass is 32.2. The van der Waals surface area contributed by atoms with Crippen LogP contribution in [0.3, 0.4) is 0 Å². The largest absolute Gasteiger partial charge is 0.340 e. The minimum Gasteiger partial charge on any atom is -0.340 e. The monoisotopic (exact) mass is 383 g/mol. The van der Waals surface area contributed by atoms with Crippen molar-refractivity contribution in [1.82, 2.24) is 14.5 Å². The molecule has 3 aromatic rings. The Morgan fingerprint density at radius 1 is 1.04 bits per heavy atom. The van der Waals surface area contributed by atoms with Crippen LogP contribution < -0.4 is 0 Å². The number of carbonyl (C=O) groups is 1. The molecule has 1 amide bonds. The number of fused-ring (bicyclic) bond motifs is 1. The number of amides is 1. The van der Waals surface area contributed by atoms with E-state index >= 15 is 0 Å². The molecule has 1 saturated heterocycles. The van der Waals surface area contributed by atoms with E-state index in [2.05, 4.69) is 4.98 Å². The summed E-state index contributed by atoms with van der Waals surface area (Å²) in [6.45, 7) is 0.831. The molecule has 0 bridgehead atoms. The van der Waals surface area contributed by atoms with Gasteiger partial charge >= 0.3 is 0 Å². The number of para-hydroxylation sites is 2. The summed E-state index contributed by atoms with van der Waals surface area (Å²) in [6, 6.07) is 16.9. The molecule has 7 heteroatoms. The Labute approximate surface area is 158 Å². The molecule has 0 radical (unpaired) electrons. The first-order chi connectivity index (χ1) is 13.0.